The molecule has 1 aromatic heterocycles. The molecule has 1 aromatic carbocycles. The van der Waals surface area contributed by atoms with Crippen molar-refractivity contribution in [2.75, 3.05) is 7.11 Å². The number of ether oxygens (including phenoxy) is 1. The molecular formula is C16H20N2O3. The second-order valence-electron chi connectivity index (χ2n) is 4.91. The quantitative estimate of drug-likeness (QED) is 0.886. The Kier molecular flexibility index (Phi) is 4.65. The van der Waals surface area contributed by atoms with Gasteiger partial charge in [-0.2, -0.15) is 0 Å². The Balaban J connectivity index is 2.15. The van der Waals surface area contributed by atoms with Gasteiger partial charge < -0.3 is 20.2 Å². The maximum absolute atomic E-state index is 12.2. The van der Waals surface area contributed by atoms with Gasteiger partial charge in [0.25, 0.3) is 5.91 Å². The Bertz CT molecular complexity index is 634. The van der Waals surface area contributed by atoms with Crippen LogP contribution in [-0.2, 0) is 6.54 Å². The lowest BCUT2D eigenvalue weighted by Crippen LogP contribution is -2.26. The van der Waals surface area contributed by atoms with Crippen LogP contribution in [0.25, 0.3) is 0 Å². The summed E-state index contributed by atoms with van der Waals surface area (Å²) < 4.78 is 10.7. The van der Waals surface area contributed by atoms with E-state index in [4.69, 9.17) is 14.9 Å². The van der Waals surface area contributed by atoms with E-state index in [0.29, 0.717) is 5.76 Å². The van der Waals surface area contributed by atoms with Gasteiger partial charge in [0.2, 0.25) is 0 Å². The smallest absolute Gasteiger partial charge is 0.287 e. The molecular weight excluding hydrogens is 268 g/mol. The average molecular weight is 288 g/mol. The second-order valence-corrected chi connectivity index (χ2v) is 4.91. The average Bonchev–Trinajstić information content (AvgIpc) is 2.96. The van der Waals surface area contributed by atoms with E-state index in [0.717, 1.165) is 16.9 Å². The summed E-state index contributed by atoms with van der Waals surface area (Å²) in [5.41, 5.74) is 7.50. The van der Waals surface area contributed by atoms with E-state index in [2.05, 4.69) is 5.32 Å². The van der Waals surface area contributed by atoms with E-state index >= 15 is 0 Å². The Labute approximate surface area is 124 Å². The van der Waals surface area contributed by atoms with Gasteiger partial charge in [0.05, 0.1) is 19.7 Å². The molecule has 0 aliphatic heterocycles. The van der Waals surface area contributed by atoms with Gasteiger partial charge in [0.15, 0.2) is 5.76 Å². The number of methoxy groups -OCH3 is 1. The van der Waals surface area contributed by atoms with E-state index in [1.54, 1.807) is 19.2 Å². The van der Waals surface area contributed by atoms with Gasteiger partial charge in [0.1, 0.15) is 11.5 Å². The topological polar surface area (TPSA) is 77.5 Å². The van der Waals surface area contributed by atoms with Crippen LogP contribution in [0.2, 0.25) is 0 Å². The molecule has 0 saturated heterocycles. The van der Waals surface area contributed by atoms with E-state index < -0.39 is 0 Å². The zero-order valence-corrected chi connectivity index (χ0v) is 12.5. The molecule has 0 saturated carbocycles. The van der Waals surface area contributed by atoms with Crippen molar-refractivity contribution in [3.8, 4) is 5.75 Å². The van der Waals surface area contributed by atoms with Crippen molar-refractivity contribution in [2.24, 2.45) is 5.73 Å². The first-order chi connectivity index (χ1) is 10.0. The van der Waals surface area contributed by atoms with Crippen LogP contribution in [0.5, 0.6) is 5.75 Å². The maximum Gasteiger partial charge on any atom is 0.287 e. The minimum Gasteiger partial charge on any atom is -0.496 e. The Morgan fingerprint density at radius 1 is 1.38 bits per heavy atom. The number of benzene rings is 1. The summed E-state index contributed by atoms with van der Waals surface area (Å²) in [5, 5.41) is 2.90. The number of nitrogens with one attached hydrogen (secondary N) is 1. The number of carbonyl (C=O) groups excluding carboxylic acids is 1. The molecule has 0 radical (unpaired) electrons. The van der Waals surface area contributed by atoms with Crippen LogP contribution in [0, 0.1) is 6.92 Å². The largest absolute Gasteiger partial charge is 0.496 e. The van der Waals surface area contributed by atoms with Gasteiger partial charge in [0, 0.05) is 5.56 Å². The Morgan fingerprint density at radius 2 is 2.14 bits per heavy atom. The third-order valence-electron chi connectivity index (χ3n) is 3.29. The van der Waals surface area contributed by atoms with Crippen LogP contribution in [0.4, 0.5) is 0 Å². The minimum atomic E-state index is -0.272. The number of rotatable bonds is 5. The molecule has 1 unspecified atom stereocenters. The molecule has 0 aliphatic rings. The Morgan fingerprint density at radius 3 is 2.76 bits per heavy atom. The van der Waals surface area contributed by atoms with E-state index in [1.165, 1.54) is 0 Å². The molecule has 2 aromatic rings. The van der Waals surface area contributed by atoms with Gasteiger partial charge in [-0.25, -0.2) is 0 Å². The summed E-state index contributed by atoms with van der Waals surface area (Å²) in [7, 11) is 1.61. The summed E-state index contributed by atoms with van der Waals surface area (Å²) in [4.78, 5) is 12.2. The minimum absolute atomic E-state index is 0.196. The highest BCUT2D eigenvalue weighted by molar-refractivity contribution is 5.91. The molecule has 1 heterocycles. The van der Waals surface area contributed by atoms with E-state index in [1.807, 2.05) is 32.0 Å². The van der Waals surface area contributed by atoms with Crippen molar-refractivity contribution in [3.05, 3.63) is 53.0 Å². The number of carbonyl (C=O) groups is 1. The number of amides is 1. The fourth-order valence-corrected chi connectivity index (χ4v) is 2.15. The van der Waals surface area contributed by atoms with Crippen LogP contribution >= 0.6 is 0 Å². The molecule has 3 N–H and O–H groups in total. The summed E-state index contributed by atoms with van der Waals surface area (Å²) in [6.45, 7) is 4.17. The van der Waals surface area contributed by atoms with Crippen LogP contribution in [0.1, 0.15) is 40.4 Å². The SMILES string of the molecule is COc1ccc(C)cc1C(C)NC(=O)c1ccc(CN)o1. The van der Waals surface area contributed by atoms with Gasteiger partial charge in [-0.1, -0.05) is 17.7 Å². The molecule has 0 bridgehead atoms. The van der Waals surface area contributed by atoms with Crippen molar-refractivity contribution in [1.82, 2.24) is 5.32 Å². The number of hydrogen-bond acceptors (Lipinski definition) is 4. The summed E-state index contributed by atoms with van der Waals surface area (Å²) in [6, 6.07) is 8.99. The highest BCUT2D eigenvalue weighted by atomic mass is 16.5. The Hall–Kier alpha value is -2.27. The van der Waals surface area contributed by atoms with Crippen LogP contribution in [0.3, 0.4) is 0 Å². The predicted octanol–water partition coefficient (Wildman–Crippen LogP) is 2.55. The van der Waals surface area contributed by atoms with Gasteiger partial charge in [-0.15, -0.1) is 0 Å². The molecule has 21 heavy (non-hydrogen) atoms. The molecule has 1 atom stereocenters. The first-order valence-electron chi connectivity index (χ1n) is 6.79. The van der Waals surface area contributed by atoms with Crippen molar-refractivity contribution < 1.29 is 13.9 Å². The number of nitrogens with two attached hydrogens (primary N) is 1. The van der Waals surface area contributed by atoms with Crippen molar-refractivity contribution in [3.63, 3.8) is 0 Å². The summed E-state index contributed by atoms with van der Waals surface area (Å²) in [5.74, 6) is 1.32. The molecule has 0 fully saturated rings. The first kappa shape index (κ1) is 15.1. The van der Waals surface area contributed by atoms with Crippen molar-refractivity contribution in [2.45, 2.75) is 26.4 Å². The molecule has 2 rings (SSSR count). The van der Waals surface area contributed by atoms with E-state index in [9.17, 15) is 4.79 Å². The first-order valence-corrected chi connectivity index (χ1v) is 6.79. The molecule has 1 amide bonds. The molecule has 0 spiro atoms. The molecule has 5 nitrogen and oxygen atoms in total. The molecule has 0 aliphatic carbocycles. The van der Waals surface area contributed by atoms with Crippen LogP contribution < -0.4 is 15.8 Å². The highest BCUT2D eigenvalue weighted by Crippen LogP contribution is 2.26. The zero-order chi connectivity index (χ0) is 15.4. The lowest BCUT2D eigenvalue weighted by Gasteiger charge is -2.17. The second kappa shape index (κ2) is 6.45. The highest BCUT2D eigenvalue weighted by Gasteiger charge is 2.17. The lowest BCUT2D eigenvalue weighted by molar-refractivity contribution is 0.0909. The van der Waals surface area contributed by atoms with Gasteiger partial charge in [-0.05, 0) is 32.0 Å². The van der Waals surface area contributed by atoms with Crippen molar-refractivity contribution in [1.29, 1.82) is 0 Å². The maximum atomic E-state index is 12.2. The normalized spacial score (nSPS) is 12.0. The predicted molar refractivity (Wildman–Crippen MR) is 80.2 cm³/mol. The number of furan rings is 1. The molecule has 5 heteroatoms. The third-order valence-corrected chi connectivity index (χ3v) is 3.29. The third kappa shape index (κ3) is 3.44. The summed E-state index contributed by atoms with van der Waals surface area (Å²) in [6.07, 6.45) is 0. The fraction of sp³-hybridized carbons (Fsp3) is 0.312. The zero-order valence-electron chi connectivity index (χ0n) is 12.5. The van der Waals surface area contributed by atoms with Gasteiger partial charge in [-0.3, -0.25) is 4.79 Å². The van der Waals surface area contributed by atoms with Crippen LogP contribution in [0.15, 0.2) is 34.7 Å². The van der Waals surface area contributed by atoms with Crippen LogP contribution in [-0.4, -0.2) is 13.0 Å². The van der Waals surface area contributed by atoms with Gasteiger partial charge >= 0.3 is 0 Å². The number of hydrogen-bond donors (Lipinski definition) is 2. The van der Waals surface area contributed by atoms with E-state index in [-0.39, 0.29) is 24.3 Å². The standard InChI is InChI=1S/C16H20N2O3/c1-10-4-6-14(20-3)13(8-10)11(2)18-16(19)15-7-5-12(9-17)21-15/h4-8,11H,9,17H2,1-3H3,(H,18,19). The molecule has 112 valence electrons. The van der Waals surface area contributed by atoms with Crippen molar-refractivity contribution >= 4 is 5.91 Å². The number of aryl methyl sites for hydroxylation is 1. The fourth-order valence-electron chi connectivity index (χ4n) is 2.15. The monoisotopic (exact) mass is 288 g/mol. The lowest BCUT2D eigenvalue weighted by atomic mass is 10.0. The summed E-state index contributed by atoms with van der Waals surface area (Å²) >= 11 is 0.